The first-order valence-electron chi connectivity index (χ1n) is 7.72. The minimum absolute atomic E-state index is 0.0667. The van der Waals surface area contributed by atoms with Gasteiger partial charge in [0.05, 0.1) is 0 Å². The molecule has 0 spiro atoms. The van der Waals surface area contributed by atoms with Crippen LogP contribution >= 0.6 is 0 Å². The third-order valence-corrected chi connectivity index (χ3v) is 4.72. The normalized spacial score (nSPS) is 26.0. The summed E-state index contributed by atoms with van der Waals surface area (Å²) in [5, 5.41) is 3.02. The molecule has 0 aromatic heterocycles. The van der Waals surface area contributed by atoms with Crippen LogP contribution in [0.3, 0.4) is 0 Å². The van der Waals surface area contributed by atoms with Gasteiger partial charge in [0, 0.05) is 19.1 Å². The van der Waals surface area contributed by atoms with Gasteiger partial charge in [-0.1, -0.05) is 6.07 Å². The number of fused-ring (bicyclic) bond motifs is 3. The van der Waals surface area contributed by atoms with Gasteiger partial charge in [0.1, 0.15) is 13.2 Å². The third-order valence-electron chi connectivity index (χ3n) is 4.72. The van der Waals surface area contributed by atoms with Crippen LogP contribution in [0.1, 0.15) is 24.8 Å². The molecule has 1 aromatic rings. The maximum absolute atomic E-state index is 12.3. The van der Waals surface area contributed by atoms with E-state index in [1.807, 2.05) is 23.1 Å². The Hall–Kier alpha value is -1.91. The van der Waals surface area contributed by atoms with E-state index in [1.165, 1.54) is 19.3 Å². The Morgan fingerprint density at radius 1 is 1.24 bits per heavy atom. The molecule has 2 aliphatic heterocycles. The Kier molecular flexibility index (Phi) is 3.13. The summed E-state index contributed by atoms with van der Waals surface area (Å²) in [6.07, 6.45) is 3.65. The monoisotopic (exact) mass is 288 g/mol. The molecule has 2 unspecified atom stereocenters. The smallest absolute Gasteiger partial charge is 0.317 e. The number of likely N-dealkylation sites (tertiary alicyclic amines) is 1. The van der Waals surface area contributed by atoms with Crippen molar-refractivity contribution in [2.75, 3.05) is 19.8 Å². The summed E-state index contributed by atoms with van der Waals surface area (Å²) < 4.78 is 11.1. The minimum Gasteiger partial charge on any atom is -0.486 e. The van der Waals surface area contributed by atoms with Crippen molar-refractivity contribution in [2.45, 2.75) is 31.8 Å². The van der Waals surface area contributed by atoms with Gasteiger partial charge in [-0.3, -0.25) is 0 Å². The lowest BCUT2D eigenvalue weighted by molar-refractivity contribution is 0.171. The molecule has 2 amide bonds. The highest BCUT2D eigenvalue weighted by Crippen LogP contribution is 2.37. The van der Waals surface area contributed by atoms with E-state index >= 15 is 0 Å². The van der Waals surface area contributed by atoms with Gasteiger partial charge in [0.2, 0.25) is 0 Å². The highest BCUT2D eigenvalue weighted by Gasteiger charge is 2.40. The molecule has 5 nitrogen and oxygen atoms in total. The second kappa shape index (κ2) is 5.13. The molecule has 112 valence electrons. The molecule has 1 N–H and O–H groups in total. The van der Waals surface area contributed by atoms with E-state index < -0.39 is 0 Å². The summed E-state index contributed by atoms with van der Waals surface area (Å²) in [5.41, 5.74) is 1.04. The molecule has 2 atom stereocenters. The van der Waals surface area contributed by atoms with Crippen LogP contribution in [0.5, 0.6) is 11.5 Å². The Morgan fingerprint density at radius 2 is 2.10 bits per heavy atom. The molecule has 21 heavy (non-hydrogen) atoms. The van der Waals surface area contributed by atoms with Gasteiger partial charge >= 0.3 is 6.03 Å². The molecule has 1 saturated carbocycles. The van der Waals surface area contributed by atoms with Gasteiger partial charge in [-0.25, -0.2) is 4.79 Å². The predicted octanol–water partition coefficient (Wildman–Crippen LogP) is 2.15. The number of hydrogen-bond acceptors (Lipinski definition) is 3. The lowest BCUT2D eigenvalue weighted by Gasteiger charge is -2.27. The van der Waals surface area contributed by atoms with E-state index in [4.69, 9.17) is 9.47 Å². The van der Waals surface area contributed by atoms with E-state index in [1.54, 1.807) is 0 Å². The van der Waals surface area contributed by atoms with Gasteiger partial charge in [-0.05, 0) is 42.9 Å². The Labute approximate surface area is 124 Å². The lowest BCUT2D eigenvalue weighted by Crippen LogP contribution is -2.44. The van der Waals surface area contributed by atoms with Crippen LogP contribution in [0.15, 0.2) is 18.2 Å². The Balaban J connectivity index is 1.37. The average molecular weight is 288 g/mol. The van der Waals surface area contributed by atoms with Crippen molar-refractivity contribution in [1.29, 1.82) is 0 Å². The molecule has 4 rings (SSSR count). The molecule has 1 saturated heterocycles. The minimum atomic E-state index is 0.0667. The van der Waals surface area contributed by atoms with Crippen LogP contribution in [0, 0.1) is 5.92 Å². The number of ether oxygens (including phenoxy) is 2. The van der Waals surface area contributed by atoms with Crippen molar-refractivity contribution >= 4 is 6.03 Å². The molecular formula is C16H20N2O3. The number of nitrogens with one attached hydrogen (secondary N) is 1. The van der Waals surface area contributed by atoms with E-state index in [0.717, 1.165) is 29.5 Å². The number of urea groups is 1. The van der Waals surface area contributed by atoms with Crippen molar-refractivity contribution in [3.8, 4) is 11.5 Å². The molecule has 1 aliphatic carbocycles. The van der Waals surface area contributed by atoms with Crippen LogP contribution in [0.4, 0.5) is 4.79 Å². The van der Waals surface area contributed by atoms with Crippen LogP contribution in [-0.4, -0.2) is 36.7 Å². The maximum Gasteiger partial charge on any atom is 0.317 e. The van der Waals surface area contributed by atoms with Crippen molar-refractivity contribution in [3.05, 3.63) is 23.8 Å². The zero-order valence-corrected chi connectivity index (χ0v) is 12.0. The average Bonchev–Trinajstić information content (AvgIpc) is 3.15. The number of hydrogen-bond donors (Lipinski definition) is 1. The summed E-state index contributed by atoms with van der Waals surface area (Å²) >= 11 is 0. The summed E-state index contributed by atoms with van der Waals surface area (Å²) in [7, 11) is 0. The summed E-state index contributed by atoms with van der Waals surface area (Å²) in [5.74, 6) is 2.29. The van der Waals surface area contributed by atoms with E-state index in [0.29, 0.717) is 25.8 Å². The molecule has 2 heterocycles. The SMILES string of the molecule is O=C(NCc1ccc2c(c1)OCCO2)N1CC2CCC1C2. The van der Waals surface area contributed by atoms with Gasteiger partial charge in [-0.15, -0.1) is 0 Å². The fourth-order valence-electron chi connectivity index (χ4n) is 3.65. The fraction of sp³-hybridized carbons (Fsp3) is 0.562. The quantitative estimate of drug-likeness (QED) is 0.907. The van der Waals surface area contributed by atoms with Crippen LogP contribution in [0.25, 0.3) is 0 Å². The van der Waals surface area contributed by atoms with Gasteiger partial charge in [0.15, 0.2) is 11.5 Å². The number of piperidine rings is 1. The molecule has 5 heteroatoms. The standard InChI is InChI=1S/C16H20N2O3/c19-16(18-10-12-1-3-13(18)7-12)17-9-11-2-4-14-15(8-11)21-6-5-20-14/h2,4,8,12-13H,1,3,5-7,9-10H2,(H,17,19). The van der Waals surface area contributed by atoms with Crippen LogP contribution in [0.2, 0.25) is 0 Å². The van der Waals surface area contributed by atoms with E-state index in [-0.39, 0.29) is 6.03 Å². The van der Waals surface area contributed by atoms with Crippen molar-refractivity contribution in [3.63, 3.8) is 0 Å². The number of amides is 2. The van der Waals surface area contributed by atoms with E-state index in [9.17, 15) is 4.79 Å². The van der Waals surface area contributed by atoms with Gasteiger partial charge in [-0.2, -0.15) is 0 Å². The number of rotatable bonds is 2. The second-order valence-corrected chi connectivity index (χ2v) is 6.12. The highest BCUT2D eigenvalue weighted by atomic mass is 16.6. The first-order valence-corrected chi connectivity index (χ1v) is 7.72. The lowest BCUT2D eigenvalue weighted by atomic mass is 10.1. The van der Waals surface area contributed by atoms with Crippen molar-refractivity contribution < 1.29 is 14.3 Å². The molecule has 2 fully saturated rings. The zero-order valence-electron chi connectivity index (χ0n) is 12.0. The molecule has 3 aliphatic rings. The van der Waals surface area contributed by atoms with Gasteiger partial charge in [0.25, 0.3) is 0 Å². The van der Waals surface area contributed by atoms with Crippen LogP contribution in [-0.2, 0) is 6.54 Å². The second-order valence-electron chi connectivity index (χ2n) is 6.12. The molecular weight excluding hydrogens is 268 g/mol. The van der Waals surface area contributed by atoms with Crippen molar-refractivity contribution in [1.82, 2.24) is 10.2 Å². The fourth-order valence-corrected chi connectivity index (χ4v) is 3.65. The molecule has 0 radical (unpaired) electrons. The molecule has 1 aromatic carbocycles. The maximum atomic E-state index is 12.3. The topological polar surface area (TPSA) is 50.8 Å². The third kappa shape index (κ3) is 2.41. The first-order chi connectivity index (χ1) is 10.3. The predicted molar refractivity (Wildman–Crippen MR) is 77.5 cm³/mol. The number of benzene rings is 1. The number of carbonyl (C=O) groups is 1. The molecule has 2 bridgehead atoms. The summed E-state index contributed by atoms with van der Waals surface area (Å²) in [6, 6.07) is 6.37. The summed E-state index contributed by atoms with van der Waals surface area (Å²) in [4.78, 5) is 14.3. The Bertz CT molecular complexity index is 560. The number of carbonyl (C=O) groups excluding carboxylic acids is 1. The highest BCUT2D eigenvalue weighted by molar-refractivity contribution is 5.75. The zero-order chi connectivity index (χ0) is 14.2. The van der Waals surface area contributed by atoms with E-state index in [2.05, 4.69) is 5.32 Å². The van der Waals surface area contributed by atoms with Crippen LogP contribution < -0.4 is 14.8 Å². The van der Waals surface area contributed by atoms with Gasteiger partial charge < -0.3 is 19.7 Å². The Morgan fingerprint density at radius 3 is 2.86 bits per heavy atom. The van der Waals surface area contributed by atoms with Crippen molar-refractivity contribution in [2.24, 2.45) is 5.92 Å². The largest absolute Gasteiger partial charge is 0.486 e. The first kappa shape index (κ1) is 12.8. The summed E-state index contributed by atoms with van der Waals surface area (Å²) in [6.45, 7) is 2.64. The number of nitrogens with zero attached hydrogens (tertiary/aromatic N) is 1.